The standard InChI is InChI=1S/C30H23N3OPS.ClH/c34-29-19-24(32-30-33(29)28(22-36-30)23-11-10-18-31-20-23)21-35(25-12-4-1-5-13-25,26-14-6-2-7-15-26)27-16-8-3-9-17-27;/h1-20,22H,21H2;1H/q+1;/p-1. The van der Waals surface area contributed by atoms with Gasteiger partial charge in [0.25, 0.3) is 5.56 Å². The van der Waals surface area contributed by atoms with E-state index in [0.717, 1.165) is 17.0 Å². The van der Waals surface area contributed by atoms with Gasteiger partial charge in [-0.05, 0) is 48.5 Å². The molecule has 6 aromatic rings. The van der Waals surface area contributed by atoms with E-state index < -0.39 is 7.26 Å². The molecule has 0 aliphatic heterocycles. The van der Waals surface area contributed by atoms with Gasteiger partial charge in [0.1, 0.15) is 29.3 Å². The number of benzene rings is 3. The Balaban J connectivity index is 0.00000280. The van der Waals surface area contributed by atoms with Gasteiger partial charge >= 0.3 is 0 Å². The van der Waals surface area contributed by atoms with Gasteiger partial charge < -0.3 is 12.4 Å². The summed E-state index contributed by atoms with van der Waals surface area (Å²) in [5, 5.41) is 5.79. The van der Waals surface area contributed by atoms with E-state index in [-0.39, 0.29) is 18.0 Å². The highest BCUT2D eigenvalue weighted by Gasteiger charge is 2.46. The summed E-state index contributed by atoms with van der Waals surface area (Å²) in [6.07, 6.45) is 4.17. The zero-order chi connectivity index (χ0) is 24.4. The third-order valence-electron chi connectivity index (χ3n) is 6.41. The van der Waals surface area contributed by atoms with E-state index in [4.69, 9.17) is 4.98 Å². The van der Waals surface area contributed by atoms with E-state index in [1.165, 1.54) is 27.3 Å². The van der Waals surface area contributed by atoms with Gasteiger partial charge in [-0.3, -0.25) is 14.2 Å². The third kappa shape index (κ3) is 4.62. The van der Waals surface area contributed by atoms with Crippen LogP contribution in [-0.4, -0.2) is 14.4 Å². The second-order valence-corrected chi connectivity index (χ2v) is 12.9. The van der Waals surface area contributed by atoms with Crippen LogP contribution in [0.4, 0.5) is 0 Å². The average Bonchev–Trinajstić information content (AvgIpc) is 3.38. The molecule has 0 amide bonds. The van der Waals surface area contributed by atoms with Crippen molar-refractivity contribution in [1.82, 2.24) is 14.4 Å². The van der Waals surface area contributed by atoms with Crippen LogP contribution in [0.25, 0.3) is 16.2 Å². The van der Waals surface area contributed by atoms with Crippen LogP contribution in [0.1, 0.15) is 5.69 Å². The molecule has 0 fully saturated rings. The Morgan fingerprint density at radius 2 is 1.32 bits per heavy atom. The lowest BCUT2D eigenvalue weighted by atomic mass is 10.2. The predicted molar refractivity (Wildman–Crippen MR) is 151 cm³/mol. The van der Waals surface area contributed by atoms with Crippen molar-refractivity contribution >= 4 is 39.5 Å². The molecule has 0 radical (unpaired) electrons. The number of halogens is 1. The van der Waals surface area contributed by atoms with Crippen molar-refractivity contribution < 1.29 is 12.4 Å². The van der Waals surface area contributed by atoms with Crippen LogP contribution in [-0.2, 0) is 6.16 Å². The minimum Gasteiger partial charge on any atom is -1.00 e. The highest BCUT2D eigenvalue weighted by atomic mass is 35.5. The molecule has 7 heteroatoms. The Morgan fingerprint density at radius 1 is 0.757 bits per heavy atom. The molecule has 0 aliphatic rings. The van der Waals surface area contributed by atoms with Gasteiger partial charge in [-0.1, -0.05) is 54.6 Å². The van der Waals surface area contributed by atoms with Gasteiger partial charge in [-0.25, -0.2) is 4.98 Å². The Kier molecular flexibility index (Phi) is 7.29. The molecule has 3 heterocycles. The molecule has 0 bridgehead atoms. The van der Waals surface area contributed by atoms with Crippen molar-refractivity contribution in [2.75, 3.05) is 0 Å². The molecular weight excluding hydrogens is 517 g/mol. The van der Waals surface area contributed by atoms with Crippen LogP contribution < -0.4 is 33.9 Å². The summed E-state index contributed by atoms with van der Waals surface area (Å²) >= 11 is 1.49. The van der Waals surface area contributed by atoms with E-state index in [2.05, 4.69) is 96.0 Å². The Bertz CT molecular complexity index is 1580. The van der Waals surface area contributed by atoms with Crippen LogP contribution in [0.2, 0.25) is 0 Å². The van der Waals surface area contributed by atoms with Gasteiger partial charge in [0.15, 0.2) is 4.96 Å². The number of fused-ring (bicyclic) bond motifs is 1. The quantitative estimate of drug-likeness (QED) is 0.305. The fourth-order valence-electron chi connectivity index (χ4n) is 4.77. The molecule has 37 heavy (non-hydrogen) atoms. The van der Waals surface area contributed by atoms with Gasteiger partial charge in [0.05, 0.1) is 11.4 Å². The van der Waals surface area contributed by atoms with Crippen LogP contribution >= 0.6 is 18.6 Å². The first-order valence-corrected chi connectivity index (χ1v) is 14.6. The maximum Gasteiger partial charge on any atom is 0.259 e. The summed E-state index contributed by atoms with van der Waals surface area (Å²) in [5.74, 6) is 0. The fourth-order valence-corrected chi connectivity index (χ4v) is 9.83. The molecule has 0 atom stereocenters. The number of rotatable bonds is 6. The molecule has 3 aromatic heterocycles. The molecule has 3 aromatic carbocycles. The normalized spacial score (nSPS) is 11.2. The van der Waals surface area contributed by atoms with E-state index in [9.17, 15) is 4.79 Å². The smallest absolute Gasteiger partial charge is 0.259 e. The summed E-state index contributed by atoms with van der Waals surface area (Å²) in [7, 11) is -2.14. The number of nitrogens with zero attached hydrogens (tertiary/aromatic N) is 3. The summed E-state index contributed by atoms with van der Waals surface area (Å²) in [4.78, 5) is 23.4. The molecule has 0 saturated carbocycles. The van der Waals surface area contributed by atoms with Crippen molar-refractivity contribution in [3.63, 3.8) is 0 Å². The Morgan fingerprint density at radius 3 is 1.84 bits per heavy atom. The zero-order valence-electron chi connectivity index (χ0n) is 19.8. The zero-order valence-corrected chi connectivity index (χ0v) is 22.3. The van der Waals surface area contributed by atoms with Crippen molar-refractivity contribution in [2.24, 2.45) is 0 Å². The SMILES string of the molecule is O=c1cc(C[P+](c2ccccc2)(c2ccccc2)c2ccccc2)nc2scc(-c3cccnc3)n12.[Cl-]. The topological polar surface area (TPSA) is 47.3 Å². The highest BCUT2D eigenvalue weighted by molar-refractivity contribution is 7.95. The first-order valence-electron chi connectivity index (χ1n) is 11.7. The minimum atomic E-state index is -2.14. The maximum atomic E-state index is 13.5. The average molecular weight is 540 g/mol. The lowest BCUT2D eigenvalue weighted by Crippen LogP contribution is -3.00. The van der Waals surface area contributed by atoms with Gasteiger partial charge in [-0.15, -0.1) is 11.3 Å². The van der Waals surface area contributed by atoms with E-state index in [1.54, 1.807) is 22.9 Å². The number of aromatic nitrogens is 3. The maximum absolute atomic E-state index is 13.5. The van der Waals surface area contributed by atoms with Crippen LogP contribution in [0.15, 0.2) is 132 Å². The monoisotopic (exact) mass is 539 g/mol. The van der Waals surface area contributed by atoms with Gasteiger partial charge in [0, 0.05) is 29.4 Å². The summed E-state index contributed by atoms with van der Waals surface area (Å²) < 4.78 is 1.69. The molecule has 4 nitrogen and oxygen atoms in total. The van der Waals surface area contributed by atoms with Crippen LogP contribution in [0, 0.1) is 0 Å². The molecule has 0 aliphatic carbocycles. The van der Waals surface area contributed by atoms with E-state index in [0.29, 0.717) is 11.1 Å². The first-order chi connectivity index (χ1) is 17.8. The number of thiazole rings is 1. The molecule has 182 valence electrons. The second-order valence-electron chi connectivity index (χ2n) is 8.54. The van der Waals surface area contributed by atoms with Crippen LogP contribution in [0.3, 0.4) is 0 Å². The number of pyridine rings is 1. The highest BCUT2D eigenvalue weighted by Crippen LogP contribution is 2.57. The summed E-state index contributed by atoms with van der Waals surface area (Å²) in [5.41, 5.74) is 2.47. The van der Waals surface area contributed by atoms with Crippen molar-refractivity contribution in [2.45, 2.75) is 6.16 Å². The minimum absolute atomic E-state index is 0. The molecule has 0 saturated heterocycles. The third-order valence-corrected chi connectivity index (χ3v) is 11.6. The van der Waals surface area contributed by atoms with Crippen LogP contribution in [0.5, 0.6) is 0 Å². The fraction of sp³-hybridized carbons (Fsp3) is 0.0333. The second kappa shape index (κ2) is 10.8. The molecular formula is C30H23ClN3OPS. The lowest BCUT2D eigenvalue weighted by molar-refractivity contribution is -0.00000712. The van der Waals surface area contributed by atoms with Gasteiger partial charge in [-0.2, -0.15) is 0 Å². The number of hydrogen-bond donors (Lipinski definition) is 0. The Hall–Kier alpha value is -3.63. The summed E-state index contributed by atoms with van der Waals surface area (Å²) in [6.45, 7) is 0. The van der Waals surface area contributed by atoms with Gasteiger partial charge in [0.2, 0.25) is 0 Å². The lowest BCUT2D eigenvalue weighted by Gasteiger charge is -2.27. The molecule has 0 N–H and O–H groups in total. The Labute approximate surface area is 226 Å². The molecule has 6 rings (SSSR count). The van der Waals surface area contributed by atoms with Crippen molar-refractivity contribution in [1.29, 1.82) is 0 Å². The predicted octanol–water partition coefficient (Wildman–Crippen LogP) is 2.32. The molecule has 0 spiro atoms. The first kappa shape index (κ1) is 25.0. The van der Waals surface area contributed by atoms with Crippen molar-refractivity contribution in [3.05, 3.63) is 143 Å². The molecule has 0 unspecified atom stereocenters. The summed E-state index contributed by atoms with van der Waals surface area (Å²) in [6, 6.07) is 37.6. The van der Waals surface area contributed by atoms with E-state index in [1.807, 2.05) is 17.5 Å². The number of hydrogen-bond acceptors (Lipinski definition) is 4. The van der Waals surface area contributed by atoms with E-state index >= 15 is 0 Å². The van der Waals surface area contributed by atoms with Crippen molar-refractivity contribution in [3.8, 4) is 11.3 Å². The largest absolute Gasteiger partial charge is 1.00 e.